The number of rotatable bonds is 4. The second-order valence-corrected chi connectivity index (χ2v) is 7.75. The van der Waals surface area contributed by atoms with Gasteiger partial charge in [-0.05, 0) is 59.0 Å². The summed E-state index contributed by atoms with van der Waals surface area (Å²) >= 11 is 4.02. The van der Waals surface area contributed by atoms with Gasteiger partial charge in [-0.25, -0.2) is 0 Å². The van der Waals surface area contributed by atoms with Gasteiger partial charge in [-0.3, -0.25) is 0 Å². The van der Waals surface area contributed by atoms with Crippen LogP contribution in [0.25, 0.3) is 0 Å². The van der Waals surface area contributed by atoms with Gasteiger partial charge in [0.2, 0.25) is 0 Å². The van der Waals surface area contributed by atoms with Crippen molar-refractivity contribution in [1.82, 2.24) is 0 Å². The molecule has 3 nitrogen and oxygen atoms in total. The Morgan fingerprint density at radius 2 is 1.82 bits per heavy atom. The van der Waals surface area contributed by atoms with E-state index < -0.39 is 7.22 Å². The summed E-state index contributed by atoms with van der Waals surface area (Å²) in [5, 5.41) is 18.0. The van der Waals surface area contributed by atoms with Crippen molar-refractivity contribution < 1.29 is 14.9 Å². The molecular formula is C6H12I2O3. The Balaban J connectivity index is 4.00. The summed E-state index contributed by atoms with van der Waals surface area (Å²) in [6.07, 6.45) is 0. The first kappa shape index (κ1) is 12.3. The van der Waals surface area contributed by atoms with Crippen LogP contribution in [0.4, 0.5) is 0 Å². The van der Waals surface area contributed by atoms with Crippen molar-refractivity contribution >= 4 is 45.2 Å². The van der Waals surface area contributed by atoms with E-state index in [-0.39, 0.29) is 13.2 Å². The molecule has 0 bridgehead atoms. The molecule has 0 aromatic heterocycles. The highest BCUT2D eigenvalue weighted by atomic mass is 127. The number of aliphatic hydroxyl groups excluding tert-OH is 1. The minimum atomic E-state index is -0.913. The van der Waals surface area contributed by atoms with Crippen molar-refractivity contribution in [2.45, 2.75) is 21.1 Å². The fourth-order valence-electron chi connectivity index (χ4n) is 0.350. The molecule has 0 rings (SSSR count). The summed E-state index contributed by atoms with van der Waals surface area (Å²) in [4.78, 5) is 0. The summed E-state index contributed by atoms with van der Waals surface area (Å²) in [6.45, 7) is 3.56. The zero-order valence-corrected chi connectivity index (χ0v) is 10.8. The molecule has 0 aliphatic heterocycles. The van der Waals surface area contributed by atoms with Gasteiger partial charge in [0.25, 0.3) is 0 Å². The quantitative estimate of drug-likeness (QED) is 0.566. The van der Waals surface area contributed by atoms with E-state index in [2.05, 4.69) is 0 Å². The minimum Gasteiger partial charge on any atom is -0.394 e. The van der Waals surface area contributed by atoms with Gasteiger partial charge in [0.15, 0.2) is 1.61 Å². The molecule has 0 aliphatic rings. The summed E-state index contributed by atoms with van der Waals surface area (Å²) < 4.78 is 4.54. The van der Waals surface area contributed by atoms with E-state index in [1.54, 1.807) is 13.8 Å². The van der Waals surface area contributed by atoms with Gasteiger partial charge < -0.3 is 14.9 Å². The third kappa shape index (κ3) is 4.20. The number of hydrogen-bond donors (Lipinski definition) is 2. The fraction of sp³-hybridized carbons (Fsp3) is 1.00. The molecule has 0 unspecified atom stereocenters. The molecule has 0 saturated heterocycles. The Morgan fingerprint density at radius 1 is 1.36 bits per heavy atom. The van der Waals surface area contributed by atoms with E-state index in [1.165, 1.54) is 0 Å². The van der Waals surface area contributed by atoms with Crippen molar-refractivity contribution in [2.24, 2.45) is 0 Å². The molecular weight excluding hydrogens is 374 g/mol. The van der Waals surface area contributed by atoms with E-state index >= 15 is 0 Å². The van der Waals surface area contributed by atoms with Gasteiger partial charge in [-0.2, -0.15) is 0 Å². The van der Waals surface area contributed by atoms with Crippen LogP contribution in [-0.2, 0) is 4.74 Å². The highest BCUT2D eigenvalue weighted by Gasteiger charge is 2.39. The number of alkyl halides is 2. The molecule has 0 fully saturated rings. The monoisotopic (exact) mass is 386 g/mol. The lowest BCUT2D eigenvalue weighted by atomic mass is 10.2. The van der Waals surface area contributed by atoms with Crippen molar-refractivity contribution in [1.29, 1.82) is 0 Å². The summed E-state index contributed by atoms with van der Waals surface area (Å²) in [5.74, 6) is 0. The molecule has 0 spiro atoms. The third-order valence-corrected chi connectivity index (χ3v) is 4.35. The molecule has 11 heavy (non-hydrogen) atoms. The molecule has 0 saturated carbocycles. The Hall–Kier alpha value is 1.34. The third-order valence-electron chi connectivity index (χ3n) is 1.09. The topological polar surface area (TPSA) is 49.7 Å². The van der Waals surface area contributed by atoms with Gasteiger partial charge in [0.1, 0.15) is 5.60 Å². The highest BCUT2D eigenvalue weighted by molar-refractivity contribution is 14.2. The molecule has 0 heterocycles. The van der Waals surface area contributed by atoms with Crippen LogP contribution in [0.1, 0.15) is 13.8 Å². The van der Waals surface area contributed by atoms with Gasteiger partial charge in [0, 0.05) is 0 Å². The number of halogens is 2. The molecule has 0 radical (unpaired) electrons. The number of ether oxygens (including phenoxy) is 1. The molecule has 0 atom stereocenters. The first-order valence-corrected chi connectivity index (χ1v) is 5.32. The van der Waals surface area contributed by atoms with E-state index in [9.17, 15) is 5.11 Å². The van der Waals surface area contributed by atoms with E-state index in [4.69, 9.17) is 9.84 Å². The SMILES string of the molecule is CC(C)(O)C(I)(I)OCCO. The molecule has 0 aromatic rings. The van der Waals surface area contributed by atoms with Crippen molar-refractivity contribution in [3.05, 3.63) is 0 Å². The van der Waals surface area contributed by atoms with E-state index in [1.807, 2.05) is 45.2 Å². The van der Waals surface area contributed by atoms with Gasteiger partial charge in [-0.1, -0.05) is 0 Å². The van der Waals surface area contributed by atoms with Crippen LogP contribution < -0.4 is 0 Å². The second-order valence-electron chi connectivity index (χ2n) is 2.65. The molecule has 0 aromatic carbocycles. The zero-order chi connectivity index (χ0) is 9.12. The maximum absolute atomic E-state index is 9.55. The van der Waals surface area contributed by atoms with Crippen LogP contribution in [0.3, 0.4) is 0 Å². The first-order chi connectivity index (χ1) is 4.81. The summed E-state index contributed by atoms with van der Waals surface area (Å²) in [6, 6.07) is 0. The van der Waals surface area contributed by atoms with Crippen LogP contribution in [0, 0.1) is 0 Å². The van der Waals surface area contributed by atoms with Crippen LogP contribution >= 0.6 is 45.2 Å². The van der Waals surface area contributed by atoms with Crippen molar-refractivity contribution in [3.8, 4) is 0 Å². The Labute approximate surface area is 93.8 Å². The van der Waals surface area contributed by atoms with Gasteiger partial charge in [0.05, 0.1) is 13.2 Å². The zero-order valence-electron chi connectivity index (χ0n) is 6.47. The molecule has 0 amide bonds. The molecule has 2 N–H and O–H groups in total. The maximum Gasteiger partial charge on any atom is 0.197 e. The average Bonchev–Trinajstić information content (AvgIpc) is 1.81. The molecule has 68 valence electrons. The van der Waals surface area contributed by atoms with Crippen LogP contribution in [0.5, 0.6) is 0 Å². The summed E-state index contributed by atoms with van der Waals surface area (Å²) in [7, 11) is 0. The Kier molecular flexibility index (Phi) is 5.09. The van der Waals surface area contributed by atoms with Crippen LogP contribution in [-0.4, -0.2) is 30.6 Å². The standard InChI is InChI=1S/C6H12I2O3/c1-5(2,10)6(7,8)11-4-3-9/h9-10H,3-4H2,1-2H3. The molecule has 5 heteroatoms. The van der Waals surface area contributed by atoms with Crippen LogP contribution in [0.15, 0.2) is 0 Å². The van der Waals surface area contributed by atoms with Crippen molar-refractivity contribution in [2.75, 3.05) is 13.2 Å². The lowest BCUT2D eigenvalue weighted by Crippen LogP contribution is -2.42. The largest absolute Gasteiger partial charge is 0.394 e. The Morgan fingerprint density at radius 3 is 2.09 bits per heavy atom. The number of aliphatic hydroxyl groups is 2. The van der Waals surface area contributed by atoms with Gasteiger partial charge >= 0.3 is 0 Å². The summed E-state index contributed by atoms with van der Waals surface area (Å²) in [5.41, 5.74) is -0.913. The van der Waals surface area contributed by atoms with Crippen LogP contribution in [0.2, 0.25) is 0 Å². The maximum atomic E-state index is 9.55. The number of hydrogen-bond acceptors (Lipinski definition) is 3. The van der Waals surface area contributed by atoms with Gasteiger partial charge in [-0.15, -0.1) is 0 Å². The second kappa shape index (κ2) is 4.54. The smallest absolute Gasteiger partial charge is 0.197 e. The van der Waals surface area contributed by atoms with E-state index in [0.717, 1.165) is 0 Å². The minimum absolute atomic E-state index is 0.0240. The normalized spacial score (nSPS) is 13.6. The predicted molar refractivity (Wildman–Crippen MR) is 60.1 cm³/mol. The van der Waals surface area contributed by atoms with E-state index in [0.29, 0.717) is 0 Å². The first-order valence-electron chi connectivity index (χ1n) is 3.16. The predicted octanol–water partition coefficient (Wildman–Crippen LogP) is 1.29. The van der Waals surface area contributed by atoms with Crippen molar-refractivity contribution in [3.63, 3.8) is 0 Å². The highest BCUT2D eigenvalue weighted by Crippen LogP contribution is 2.39. The lowest BCUT2D eigenvalue weighted by Gasteiger charge is -2.32. The Bertz CT molecular complexity index is 119. The lowest BCUT2D eigenvalue weighted by molar-refractivity contribution is -0.0494. The fourth-order valence-corrected chi connectivity index (χ4v) is 0.791. The average molecular weight is 386 g/mol. The molecule has 0 aliphatic carbocycles.